The lowest BCUT2D eigenvalue weighted by molar-refractivity contribution is 0.0931. The lowest BCUT2D eigenvalue weighted by atomic mass is 10.1. The molecule has 3 aromatic rings. The number of hydrogen-bond donors (Lipinski definition) is 1. The van der Waals surface area contributed by atoms with Gasteiger partial charge in [-0.05, 0) is 46.1 Å². The van der Waals surface area contributed by atoms with Crippen molar-refractivity contribution in [2.24, 2.45) is 0 Å². The number of ether oxygens (including phenoxy) is 1. The number of hydrogen-bond acceptors (Lipinski definition) is 8. The van der Waals surface area contributed by atoms with Gasteiger partial charge in [0.2, 0.25) is 5.88 Å². The zero-order valence-corrected chi connectivity index (χ0v) is 19.4. The highest BCUT2D eigenvalue weighted by molar-refractivity contribution is 9.10. The predicted octanol–water partition coefficient (Wildman–Crippen LogP) is 3.58. The van der Waals surface area contributed by atoms with E-state index in [1.807, 2.05) is 33.2 Å². The van der Waals surface area contributed by atoms with Crippen molar-refractivity contribution in [3.05, 3.63) is 52.1 Å². The van der Waals surface area contributed by atoms with Crippen LogP contribution in [-0.4, -0.2) is 58.0 Å². The summed E-state index contributed by atoms with van der Waals surface area (Å²) in [5.74, 6) is 0.199. The summed E-state index contributed by atoms with van der Waals surface area (Å²) in [6.45, 7) is 3.20. The maximum atomic E-state index is 12.9. The van der Waals surface area contributed by atoms with Crippen LogP contribution in [0, 0.1) is 0 Å². The van der Waals surface area contributed by atoms with E-state index in [0.717, 1.165) is 28.0 Å². The number of nitrogens with one attached hydrogen (secondary N) is 1. The SMILES string of the molecule is CCOc1cncc(-c2cnc(C(=O)NC(CCN(C)C)c3cc(Br)ccn3)s2)n1. The Morgan fingerprint density at radius 3 is 2.87 bits per heavy atom. The van der Waals surface area contributed by atoms with Crippen LogP contribution in [-0.2, 0) is 0 Å². The Morgan fingerprint density at radius 1 is 1.30 bits per heavy atom. The molecule has 30 heavy (non-hydrogen) atoms. The maximum absolute atomic E-state index is 12.9. The number of carbonyl (C=O) groups is 1. The Labute approximate surface area is 187 Å². The fourth-order valence-electron chi connectivity index (χ4n) is 2.69. The van der Waals surface area contributed by atoms with Crippen molar-refractivity contribution in [1.29, 1.82) is 0 Å². The van der Waals surface area contributed by atoms with Crippen LogP contribution in [0.3, 0.4) is 0 Å². The molecular formula is C20H23BrN6O2S. The first-order valence-electron chi connectivity index (χ1n) is 9.44. The van der Waals surface area contributed by atoms with Crippen molar-refractivity contribution >= 4 is 33.2 Å². The molecule has 0 saturated heterocycles. The second-order valence-corrected chi connectivity index (χ2v) is 8.67. The number of aromatic nitrogens is 4. The average Bonchev–Trinajstić information content (AvgIpc) is 3.22. The number of halogens is 1. The van der Waals surface area contributed by atoms with Gasteiger partial charge in [0.15, 0.2) is 5.01 Å². The topological polar surface area (TPSA) is 93.1 Å². The van der Waals surface area contributed by atoms with Gasteiger partial charge >= 0.3 is 0 Å². The largest absolute Gasteiger partial charge is 0.477 e. The number of amides is 1. The highest BCUT2D eigenvalue weighted by Gasteiger charge is 2.20. The third-order valence-corrected chi connectivity index (χ3v) is 5.64. The van der Waals surface area contributed by atoms with Crippen LogP contribution >= 0.6 is 27.3 Å². The van der Waals surface area contributed by atoms with Crippen LogP contribution in [0.25, 0.3) is 10.6 Å². The summed E-state index contributed by atoms with van der Waals surface area (Å²) < 4.78 is 6.31. The van der Waals surface area contributed by atoms with Gasteiger partial charge in [-0.2, -0.15) is 0 Å². The molecule has 3 aromatic heterocycles. The molecule has 0 aliphatic rings. The monoisotopic (exact) mass is 490 g/mol. The van der Waals surface area contributed by atoms with Gasteiger partial charge in [-0.25, -0.2) is 9.97 Å². The molecule has 1 N–H and O–H groups in total. The Kier molecular flexibility index (Phi) is 7.83. The minimum atomic E-state index is -0.245. The first kappa shape index (κ1) is 22.3. The van der Waals surface area contributed by atoms with E-state index >= 15 is 0 Å². The summed E-state index contributed by atoms with van der Waals surface area (Å²) in [5.41, 5.74) is 1.42. The standard InChI is InChI=1S/C20H23BrN6O2S/c1-4-29-18-12-22-10-16(25-18)17-11-24-20(30-17)19(28)26-14(6-8-27(2)3)15-9-13(21)5-7-23-15/h5,7,9-12,14H,4,6,8H2,1-3H3,(H,26,28). The lowest BCUT2D eigenvalue weighted by Gasteiger charge is -2.20. The Bertz CT molecular complexity index is 997. The minimum Gasteiger partial charge on any atom is -0.477 e. The summed E-state index contributed by atoms with van der Waals surface area (Å²) in [6, 6.07) is 3.55. The molecule has 0 aliphatic heterocycles. The van der Waals surface area contributed by atoms with E-state index in [9.17, 15) is 4.79 Å². The number of carbonyl (C=O) groups excluding carboxylic acids is 1. The van der Waals surface area contributed by atoms with Crippen molar-refractivity contribution in [3.63, 3.8) is 0 Å². The number of pyridine rings is 1. The zero-order valence-electron chi connectivity index (χ0n) is 17.0. The summed E-state index contributed by atoms with van der Waals surface area (Å²) in [6.07, 6.45) is 7.26. The van der Waals surface area contributed by atoms with E-state index in [1.54, 1.807) is 24.8 Å². The van der Waals surface area contributed by atoms with Gasteiger partial charge < -0.3 is 15.0 Å². The van der Waals surface area contributed by atoms with Gasteiger partial charge in [0.25, 0.3) is 5.91 Å². The smallest absolute Gasteiger partial charge is 0.280 e. The van der Waals surface area contributed by atoms with Crippen LogP contribution < -0.4 is 10.1 Å². The molecule has 10 heteroatoms. The second kappa shape index (κ2) is 10.6. The highest BCUT2D eigenvalue weighted by atomic mass is 79.9. The summed E-state index contributed by atoms with van der Waals surface area (Å²) in [7, 11) is 4.00. The Hall–Kier alpha value is -2.43. The molecule has 1 unspecified atom stereocenters. The van der Waals surface area contributed by atoms with E-state index in [-0.39, 0.29) is 11.9 Å². The van der Waals surface area contributed by atoms with Gasteiger partial charge in [-0.1, -0.05) is 15.9 Å². The van der Waals surface area contributed by atoms with Crippen LogP contribution in [0.15, 0.2) is 41.4 Å². The molecule has 3 heterocycles. The molecule has 0 spiro atoms. The molecule has 0 fully saturated rings. The lowest BCUT2D eigenvalue weighted by Crippen LogP contribution is -2.31. The third kappa shape index (κ3) is 6.04. The molecular weight excluding hydrogens is 468 g/mol. The molecule has 0 aliphatic carbocycles. The molecule has 158 valence electrons. The quantitative estimate of drug-likeness (QED) is 0.489. The van der Waals surface area contributed by atoms with Crippen molar-refractivity contribution in [2.75, 3.05) is 27.2 Å². The molecule has 0 aromatic carbocycles. The van der Waals surface area contributed by atoms with Crippen molar-refractivity contribution in [2.45, 2.75) is 19.4 Å². The van der Waals surface area contributed by atoms with E-state index in [0.29, 0.717) is 23.2 Å². The minimum absolute atomic E-state index is 0.231. The summed E-state index contributed by atoms with van der Waals surface area (Å²) >= 11 is 4.74. The molecule has 3 rings (SSSR count). The molecule has 1 amide bonds. The third-order valence-electron chi connectivity index (χ3n) is 4.13. The van der Waals surface area contributed by atoms with Gasteiger partial charge in [-0.15, -0.1) is 11.3 Å². The van der Waals surface area contributed by atoms with Gasteiger partial charge in [0.1, 0.15) is 5.69 Å². The van der Waals surface area contributed by atoms with E-state index in [2.05, 4.69) is 46.1 Å². The average molecular weight is 491 g/mol. The first-order valence-corrected chi connectivity index (χ1v) is 11.0. The summed E-state index contributed by atoms with van der Waals surface area (Å²) in [5, 5.41) is 3.43. The van der Waals surface area contributed by atoms with Crippen molar-refractivity contribution in [3.8, 4) is 16.5 Å². The number of nitrogens with zero attached hydrogens (tertiary/aromatic N) is 5. The van der Waals surface area contributed by atoms with Crippen LogP contribution in [0.4, 0.5) is 0 Å². The Morgan fingerprint density at radius 2 is 2.13 bits per heavy atom. The van der Waals surface area contributed by atoms with E-state index in [4.69, 9.17) is 4.74 Å². The Balaban J connectivity index is 1.77. The normalized spacial score (nSPS) is 12.0. The van der Waals surface area contributed by atoms with Crippen LogP contribution in [0.1, 0.15) is 34.9 Å². The predicted molar refractivity (Wildman–Crippen MR) is 120 cm³/mol. The van der Waals surface area contributed by atoms with Crippen LogP contribution in [0.5, 0.6) is 5.88 Å². The summed E-state index contributed by atoms with van der Waals surface area (Å²) in [4.78, 5) is 33.0. The highest BCUT2D eigenvalue weighted by Crippen LogP contribution is 2.26. The van der Waals surface area contributed by atoms with Gasteiger partial charge in [-0.3, -0.25) is 14.8 Å². The van der Waals surface area contributed by atoms with Crippen LogP contribution in [0.2, 0.25) is 0 Å². The number of rotatable bonds is 9. The maximum Gasteiger partial charge on any atom is 0.280 e. The molecule has 8 nitrogen and oxygen atoms in total. The molecule has 0 saturated carbocycles. The van der Waals surface area contributed by atoms with Gasteiger partial charge in [0.05, 0.1) is 35.6 Å². The fourth-order valence-corrected chi connectivity index (χ4v) is 3.82. The molecule has 1 atom stereocenters. The van der Waals surface area contributed by atoms with Gasteiger partial charge in [0, 0.05) is 16.9 Å². The molecule has 0 radical (unpaired) electrons. The van der Waals surface area contributed by atoms with Crippen molar-refractivity contribution in [1.82, 2.24) is 30.2 Å². The van der Waals surface area contributed by atoms with E-state index < -0.39 is 0 Å². The second-order valence-electron chi connectivity index (χ2n) is 6.72. The van der Waals surface area contributed by atoms with E-state index in [1.165, 1.54) is 11.3 Å². The first-order chi connectivity index (χ1) is 14.5. The van der Waals surface area contributed by atoms with Crippen molar-refractivity contribution < 1.29 is 9.53 Å². The zero-order chi connectivity index (χ0) is 21.5. The molecule has 0 bridgehead atoms. The fraction of sp³-hybridized carbons (Fsp3) is 0.350. The number of thiazole rings is 1.